The van der Waals surface area contributed by atoms with Crippen LogP contribution in [0.25, 0.3) is 0 Å². The first-order chi connectivity index (χ1) is 7.36. The van der Waals surface area contributed by atoms with Gasteiger partial charge in [0.2, 0.25) is 5.91 Å². The second kappa shape index (κ2) is 4.88. The van der Waals surface area contributed by atoms with E-state index in [4.69, 9.17) is 4.74 Å². The number of rotatable bonds is 3. The number of nitrogens with zero attached hydrogens (tertiary/aromatic N) is 2. The molecule has 0 spiro atoms. The summed E-state index contributed by atoms with van der Waals surface area (Å²) in [4.78, 5) is 15.6. The molecule has 0 aliphatic carbocycles. The molecule has 1 aromatic heterocycles. The van der Waals surface area contributed by atoms with E-state index in [1.165, 1.54) is 6.33 Å². The zero-order valence-electron chi connectivity index (χ0n) is 8.40. The van der Waals surface area contributed by atoms with Crippen molar-refractivity contribution >= 4 is 5.91 Å². The number of nitrogens with one attached hydrogen (secondary N) is 2. The van der Waals surface area contributed by atoms with Crippen LogP contribution >= 0.6 is 0 Å². The van der Waals surface area contributed by atoms with Crippen molar-refractivity contribution in [2.45, 2.75) is 19.4 Å². The maximum Gasteiger partial charge on any atom is 0.223 e. The number of carbonyl (C=O) groups is 1. The van der Waals surface area contributed by atoms with Gasteiger partial charge in [-0.2, -0.15) is 5.10 Å². The van der Waals surface area contributed by atoms with Gasteiger partial charge in [0.05, 0.1) is 6.54 Å². The van der Waals surface area contributed by atoms with Crippen LogP contribution in [0.15, 0.2) is 6.33 Å². The molecule has 6 nitrogen and oxygen atoms in total. The molecular weight excluding hydrogens is 196 g/mol. The predicted octanol–water partition coefficient (Wildman–Crippen LogP) is -0.153. The Balaban J connectivity index is 1.76. The molecule has 6 heteroatoms. The van der Waals surface area contributed by atoms with Crippen LogP contribution in [0.2, 0.25) is 0 Å². The number of carbonyl (C=O) groups excluding carboxylic acids is 1. The van der Waals surface area contributed by atoms with Crippen molar-refractivity contribution in [1.82, 2.24) is 20.5 Å². The zero-order valence-corrected chi connectivity index (χ0v) is 8.40. The summed E-state index contributed by atoms with van der Waals surface area (Å²) in [5.74, 6) is 0.840. The first kappa shape index (κ1) is 10.1. The lowest BCUT2D eigenvalue weighted by Gasteiger charge is -2.20. The Bertz CT molecular complexity index is 306. The van der Waals surface area contributed by atoms with Crippen molar-refractivity contribution in [3.05, 3.63) is 12.2 Å². The van der Waals surface area contributed by atoms with Crippen LogP contribution in [0, 0.1) is 5.92 Å². The summed E-state index contributed by atoms with van der Waals surface area (Å²) in [6.07, 6.45) is 3.04. The van der Waals surface area contributed by atoms with E-state index in [0.29, 0.717) is 25.6 Å². The molecule has 1 aliphatic rings. The third-order valence-corrected chi connectivity index (χ3v) is 2.49. The van der Waals surface area contributed by atoms with E-state index in [1.807, 2.05) is 0 Å². The van der Waals surface area contributed by atoms with Gasteiger partial charge < -0.3 is 10.1 Å². The number of aromatic nitrogens is 3. The van der Waals surface area contributed by atoms with Crippen LogP contribution in [0.4, 0.5) is 0 Å². The van der Waals surface area contributed by atoms with E-state index in [-0.39, 0.29) is 11.8 Å². The molecule has 0 radical (unpaired) electrons. The molecule has 1 aromatic rings. The third-order valence-electron chi connectivity index (χ3n) is 2.49. The van der Waals surface area contributed by atoms with Gasteiger partial charge in [-0.3, -0.25) is 9.89 Å². The van der Waals surface area contributed by atoms with E-state index in [0.717, 1.165) is 12.8 Å². The molecule has 1 aliphatic heterocycles. The van der Waals surface area contributed by atoms with Gasteiger partial charge >= 0.3 is 0 Å². The maximum absolute atomic E-state index is 11.7. The molecule has 1 amide bonds. The summed E-state index contributed by atoms with van der Waals surface area (Å²) in [7, 11) is 0. The lowest BCUT2D eigenvalue weighted by molar-refractivity contribution is -0.128. The SMILES string of the molecule is O=C(NCc1ncn[nH]1)C1CCOCC1. The summed E-state index contributed by atoms with van der Waals surface area (Å²) < 4.78 is 5.19. The first-order valence-electron chi connectivity index (χ1n) is 5.06. The van der Waals surface area contributed by atoms with Gasteiger partial charge in [0.15, 0.2) is 0 Å². The van der Waals surface area contributed by atoms with Gasteiger partial charge in [-0.05, 0) is 12.8 Å². The Kier molecular flexibility index (Phi) is 3.29. The van der Waals surface area contributed by atoms with Crippen molar-refractivity contribution in [3.8, 4) is 0 Å². The fourth-order valence-electron chi connectivity index (χ4n) is 1.59. The van der Waals surface area contributed by atoms with Crippen LogP contribution in [-0.2, 0) is 16.1 Å². The van der Waals surface area contributed by atoms with Crippen LogP contribution < -0.4 is 5.32 Å². The normalized spacial score (nSPS) is 17.6. The highest BCUT2D eigenvalue weighted by molar-refractivity contribution is 5.78. The quantitative estimate of drug-likeness (QED) is 0.727. The maximum atomic E-state index is 11.7. The number of aromatic amines is 1. The molecule has 0 atom stereocenters. The van der Waals surface area contributed by atoms with Gasteiger partial charge in [-0.15, -0.1) is 0 Å². The average molecular weight is 210 g/mol. The van der Waals surface area contributed by atoms with Gasteiger partial charge in [0.1, 0.15) is 12.2 Å². The molecule has 15 heavy (non-hydrogen) atoms. The van der Waals surface area contributed by atoms with Gasteiger partial charge in [0.25, 0.3) is 0 Å². The number of hydrogen-bond acceptors (Lipinski definition) is 4. The molecule has 1 fully saturated rings. The first-order valence-corrected chi connectivity index (χ1v) is 5.06. The molecule has 0 bridgehead atoms. The minimum absolute atomic E-state index is 0.0784. The highest BCUT2D eigenvalue weighted by Gasteiger charge is 2.21. The summed E-state index contributed by atoms with van der Waals surface area (Å²) >= 11 is 0. The Labute approximate surface area is 87.4 Å². The van der Waals surface area contributed by atoms with Crippen molar-refractivity contribution in [1.29, 1.82) is 0 Å². The second-order valence-corrected chi connectivity index (χ2v) is 3.54. The summed E-state index contributed by atoms with van der Waals surface area (Å²) in [5.41, 5.74) is 0. The fraction of sp³-hybridized carbons (Fsp3) is 0.667. The largest absolute Gasteiger partial charge is 0.381 e. The van der Waals surface area contributed by atoms with E-state index in [9.17, 15) is 4.79 Å². The van der Waals surface area contributed by atoms with Crippen LogP contribution in [0.5, 0.6) is 0 Å². The third kappa shape index (κ3) is 2.76. The van der Waals surface area contributed by atoms with Crippen molar-refractivity contribution in [3.63, 3.8) is 0 Å². The monoisotopic (exact) mass is 210 g/mol. The minimum atomic E-state index is 0.0784. The van der Waals surface area contributed by atoms with Crippen LogP contribution in [0.1, 0.15) is 18.7 Å². The Hall–Kier alpha value is -1.43. The lowest BCUT2D eigenvalue weighted by Crippen LogP contribution is -2.34. The van der Waals surface area contributed by atoms with Crippen LogP contribution in [0.3, 0.4) is 0 Å². The highest BCUT2D eigenvalue weighted by atomic mass is 16.5. The lowest BCUT2D eigenvalue weighted by atomic mass is 9.99. The number of hydrogen-bond donors (Lipinski definition) is 2. The van der Waals surface area contributed by atoms with E-state index < -0.39 is 0 Å². The molecular formula is C9H14N4O2. The molecule has 0 unspecified atom stereocenters. The Morgan fingerprint density at radius 1 is 1.60 bits per heavy atom. The van der Waals surface area contributed by atoms with Crippen molar-refractivity contribution in [2.24, 2.45) is 5.92 Å². The molecule has 2 heterocycles. The van der Waals surface area contributed by atoms with E-state index >= 15 is 0 Å². The molecule has 1 saturated heterocycles. The van der Waals surface area contributed by atoms with Gasteiger partial charge in [0, 0.05) is 19.1 Å². The Morgan fingerprint density at radius 3 is 3.07 bits per heavy atom. The second-order valence-electron chi connectivity index (χ2n) is 3.54. The number of ether oxygens (including phenoxy) is 1. The van der Waals surface area contributed by atoms with E-state index in [1.54, 1.807) is 0 Å². The number of H-pyrrole nitrogens is 1. The molecule has 0 saturated carbocycles. The molecule has 2 rings (SSSR count). The smallest absolute Gasteiger partial charge is 0.223 e. The highest BCUT2D eigenvalue weighted by Crippen LogP contribution is 2.14. The Morgan fingerprint density at radius 2 is 2.40 bits per heavy atom. The average Bonchev–Trinajstić information content (AvgIpc) is 2.80. The topological polar surface area (TPSA) is 79.9 Å². The van der Waals surface area contributed by atoms with Gasteiger partial charge in [-0.1, -0.05) is 0 Å². The summed E-state index contributed by atoms with van der Waals surface area (Å²) in [6, 6.07) is 0. The minimum Gasteiger partial charge on any atom is -0.381 e. The molecule has 2 N–H and O–H groups in total. The number of amides is 1. The summed E-state index contributed by atoms with van der Waals surface area (Å²) in [5, 5.41) is 9.23. The van der Waals surface area contributed by atoms with Crippen LogP contribution in [-0.4, -0.2) is 34.3 Å². The van der Waals surface area contributed by atoms with Crippen molar-refractivity contribution < 1.29 is 9.53 Å². The predicted molar refractivity (Wildman–Crippen MR) is 51.8 cm³/mol. The fourth-order valence-corrected chi connectivity index (χ4v) is 1.59. The molecule has 82 valence electrons. The van der Waals surface area contributed by atoms with E-state index in [2.05, 4.69) is 20.5 Å². The zero-order chi connectivity index (χ0) is 10.5. The van der Waals surface area contributed by atoms with Gasteiger partial charge in [-0.25, -0.2) is 4.98 Å². The summed E-state index contributed by atoms with van der Waals surface area (Å²) in [6.45, 7) is 1.77. The molecule has 0 aromatic carbocycles. The van der Waals surface area contributed by atoms with Crippen molar-refractivity contribution in [2.75, 3.05) is 13.2 Å². The standard InChI is InChI=1S/C9H14N4O2/c14-9(7-1-3-15-4-2-7)10-5-8-11-6-12-13-8/h6-7H,1-5H2,(H,10,14)(H,11,12,13).